The molecule has 0 bridgehead atoms. The van der Waals surface area contributed by atoms with Crippen LogP contribution in [0.2, 0.25) is 0 Å². The molecule has 4 N–H and O–H groups in total. The van der Waals surface area contributed by atoms with Gasteiger partial charge in [0.15, 0.2) is 12.4 Å². The van der Waals surface area contributed by atoms with Crippen molar-refractivity contribution in [3.63, 3.8) is 0 Å². The van der Waals surface area contributed by atoms with Gasteiger partial charge in [0.25, 0.3) is 0 Å². The van der Waals surface area contributed by atoms with E-state index in [1.165, 1.54) is 19.3 Å². The van der Waals surface area contributed by atoms with E-state index in [0.29, 0.717) is 19.3 Å². The minimum Gasteiger partial charge on any atom is -0.462 e. The fourth-order valence-corrected chi connectivity index (χ4v) is 5.84. The van der Waals surface area contributed by atoms with Gasteiger partial charge in [0.1, 0.15) is 31.0 Å². The van der Waals surface area contributed by atoms with E-state index < -0.39 is 55.4 Å². The number of aliphatic hydroxyl groups excluding tert-OH is 4. The Balaban J connectivity index is 2.42. The summed E-state index contributed by atoms with van der Waals surface area (Å²) in [5.74, 6) is -0.900. The Morgan fingerprint density at radius 1 is 0.561 bits per heavy atom. The smallest absolute Gasteiger partial charge is 0.306 e. The normalized spacial score (nSPS) is 21.1. The number of esters is 2. The van der Waals surface area contributed by atoms with E-state index in [1.54, 1.807) is 0 Å². The van der Waals surface area contributed by atoms with Crippen LogP contribution in [0.15, 0.2) is 85.1 Å². The molecule has 6 atom stereocenters. The number of rotatable bonds is 34. The summed E-state index contributed by atoms with van der Waals surface area (Å²) in [4.78, 5) is 25.3. The minimum absolute atomic E-state index is 0.144. The molecule has 1 rings (SSSR count). The first-order valence-electron chi connectivity index (χ1n) is 21.7. The molecule has 1 aliphatic heterocycles. The molecule has 1 aliphatic rings. The van der Waals surface area contributed by atoms with Crippen molar-refractivity contribution in [2.24, 2.45) is 0 Å². The molecule has 0 aromatic heterocycles. The van der Waals surface area contributed by atoms with E-state index in [1.807, 2.05) is 6.08 Å². The van der Waals surface area contributed by atoms with Crippen LogP contribution in [0, 0.1) is 0 Å². The molecule has 0 aliphatic carbocycles. The standard InChI is InChI=1S/C47H76O10/c1-3-5-7-9-11-13-15-17-19-20-22-24-26-28-30-32-34-36-43(50)56-40(39-55-47-46(53)45(52)44(51)41(37-48)57-47)38-54-42(49)35-33-31-29-27-25-23-21-18-16-14-12-10-8-6-4-2/h5,7,11-14,17-19,21-22,24,28,30,40-41,44-48,51-53H,3-4,6,8-10,15-16,20,23,25-27,29,31-39H2,1-2H3/b7-5+,13-11+,14-12+,19-17+,21-18+,24-22+,30-28+/t40-,41-,44+,45?,46?,47-/m1/s1. The molecule has 0 amide bonds. The second kappa shape index (κ2) is 37.2. The zero-order valence-corrected chi connectivity index (χ0v) is 35.0. The fourth-order valence-electron chi connectivity index (χ4n) is 5.84. The number of hydrogen-bond acceptors (Lipinski definition) is 10. The van der Waals surface area contributed by atoms with Crippen LogP contribution in [0.3, 0.4) is 0 Å². The number of aliphatic hydroxyl groups is 4. The summed E-state index contributed by atoms with van der Waals surface area (Å²) in [6.45, 7) is 3.19. The summed E-state index contributed by atoms with van der Waals surface area (Å²) in [6, 6.07) is 0. The van der Waals surface area contributed by atoms with Crippen molar-refractivity contribution in [1.29, 1.82) is 0 Å². The Morgan fingerprint density at radius 3 is 1.61 bits per heavy atom. The molecule has 324 valence electrons. The average molecular weight is 801 g/mol. The van der Waals surface area contributed by atoms with Gasteiger partial charge in [0.05, 0.1) is 13.2 Å². The Hall–Kier alpha value is -3.12. The quantitative estimate of drug-likeness (QED) is 0.0282. The SMILES string of the molecule is CC/C=C/C/C=C/C/C=C/C/C=C/C/C=C/CCCC(=O)O[C@H](COC(=O)CCCCCCC/C=C/C/C=C/CCCCC)CO[C@@H]1O[C@H](CO)[C@H](O)C(O)C1O. The summed E-state index contributed by atoms with van der Waals surface area (Å²) in [5.41, 5.74) is 0. The highest BCUT2D eigenvalue weighted by molar-refractivity contribution is 5.70. The lowest BCUT2D eigenvalue weighted by atomic mass is 9.99. The average Bonchev–Trinajstić information content (AvgIpc) is 3.21. The summed E-state index contributed by atoms with van der Waals surface area (Å²) >= 11 is 0. The van der Waals surface area contributed by atoms with Crippen molar-refractivity contribution in [2.75, 3.05) is 19.8 Å². The number of ether oxygens (including phenoxy) is 4. The van der Waals surface area contributed by atoms with Gasteiger partial charge in [-0.15, -0.1) is 0 Å². The summed E-state index contributed by atoms with van der Waals surface area (Å²) in [6.07, 6.45) is 40.2. The van der Waals surface area contributed by atoms with Gasteiger partial charge in [0, 0.05) is 12.8 Å². The molecule has 10 nitrogen and oxygen atoms in total. The van der Waals surface area contributed by atoms with Crippen LogP contribution in [0.4, 0.5) is 0 Å². The molecule has 2 unspecified atom stereocenters. The van der Waals surface area contributed by atoms with Gasteiger partial charge in [-0.05, 0) is 83.5 Å². The van der Waals surface area contributed by atoms with Crippen LogP contribution in [0.25, 0.3) is 0 Å². The summed E-state index contributed by atoms with van der Waals surface area (Å²) < 4.78 is 22.1. The Labute approximate surface area is 344 Å². The van der Waals surface area contributed by atoms with E-state index in [-0.39, 0.29) is 26.1 Å². The Bertz CT molecular complexity index is 1200. The molecule has 0 aromatic carbocycles. The van der Waals surface area contributed by atoms with Crippen LogP contribution in [-0.2, 0) is 28.5 Å². The van der Waals surface area contributed by atoms with E-state index >= 15 is 0 Å². The number of allylic oxidation sites excluding steroid dienone is 14. The second-order valence-corrected chi connectivity index (χ2v) is 14.4. The predicted octanol–water partition coefficient (Wildman–Crippen LogP) is 8.99. The third kappa shape index (κ3) is 28.9. The first-order chi connectivity index (χ1) is 27.8. The maximum absolute atomic E-state index is 12.7. The van der Waals surface area contributed by atoms with Gasteiger partial charge in [-0.1, -0.05) is 131 Å². The molecule has 0 radical (unpaired) electrons. The van der Waals surface area contributed by atoms with Gasteiger partial charge < -0.3 is 39.4 Å². The molecule has 10 heteroatoms. The third-order valence-corrected chi connectivity index (χ3v) is 9.26. The molecule has 1 heterocycles. The zero-order chi connectivity index (χ0) is 41.6. The van der Waals surface area contributed by atoms with Crippen molar-refractivity contribution in [3.05, 3.63) is 85.1 Å². The van der Waals surface area contributed by atoms with E-state index in [0.717, 1.165) is 77.0 Å². The highest BCUT2D eigenvalue weighted by Gasteiger charge is 2.44. The molecule has 0 spiro atoms. The largest absolute Gasteiger partial charge is 0.462 e. The van der Waals surface area contributed by atoms with Gasteiger partial charge >= 0.3 is 11.9 Å². The van der Waals surface area contributed by atoms with Gasteiger partial charge in [-0.3, -0.25) is 9.59 Å². The van der Waals surface area contributed by atoms with Crippen LogP contribution in [-0.4, -0.2) is 89.0 Å². The van der Waals surface area contributed by atoms with Crippen molar-refractivity contribution in [3.8, 4) is 0 Å². The van der Waals surface area contributed by atoms with E-state index in [9.17, 15) is 30.0 Å². The second-order valence-electron chi connectivity index (χ2n) is 14.4. The van der Waals surface area contributed by atoms with Crippen LogP contribution >= 0.6 is 0 Å². The molecule has 1 fully saturated rings. The summed E-state index contributed by atoms with van der Waals surface area (Å²) in [7, 11) is 0. The molecule has 1 saturated heterocycles. The number of hydrogen-bond donors (Lipinski definition) is 4. The lowest BCUT2D eigenvalue weighted by Gasteiger charge is -2.39. The minimum atomic E-state index is -1.61. The maximum Gasteiger partial charge on any atom is 0.306 e. The van der Waals surface area contributed by atoms with Gasteiger partial charge in [0.2, 0.25) is 0 Å². The topological polar surface area (TPSA) is 152 Å². The van der Waals surface area contributed by atoms with Crippen molar-refractivity contribution >= 4 is 11.9 Å². The van der Waals surface area contributed by atoms with Crippen LogP contribution in [0.1, 0.15) is 142 Å². The first-order valence-corrected chi connectivity index (χ1v) is 21.7. The van der Waals surface area contributed by atoms with E-state index in [2.05, 4.69) is 92.8 Å². The van der Waals surface area contributed by atoms with Crippen molar-refractivity contribution < 1.29 is 49.0 Å². The van der Waals surface area contributed by atoms with Crippen molar-refractivity contribution in [1.82, 2.24) is 0 Å². The lowest BCUT2D eigenvalue weighted by Crippen LogP contribution is -2.59. The zero-order valence-electron chi connectivity index (χ0n) is 35.0. The van der Waals surface area contributed by atoms with E-state index in [4.69, 9.17) is 18.9 Å². The third-order valence-electron chi connectivity index (χ3n) is 9.26. The number of unbranched alkanes of at least 4 members (excludes halogenated alkanes) is 9. The molecule has 0 saturated carbocycles. The van der Waals surface area contributed by atoms with Crippen LogP contribution < -0.4 is 0 Å². The Kier molecular flexibility index (Phi) is 33.8. The predicted molar refractivity (Wildman–Crippen MR) is 228 cm³/mol. The maximum atomic E-state index is 12.7. The Morgan fingerprint density at radius 2 is 1.05 bits per heavy atom. The monoisotopic (exact) mass is 801 g/mol. The summed E-state index contributed by atoms with van der Waals surface area (Å²) in [5, 5.41) is 40.0. The molecule has 57 heavy (non-hydrogen) atoms. The lowest BCUT2D eigenvalue weighted by molar-refractivity contribution is -0.305. The molecule has 0 aromatic rings. The van der Waals surface area contributed by atoms with Gasteiger partial charge in [-0.2, -0.15) is 0 Å². The number of carbonyl (C=O) groups is 2. The van der Waals surface area contributed by atoms with Gasteiger partial charge in [-0.25, -0.2) is 0 Å². The first kappa shape index (κ1) is 51.9. The highest BCUT2D eigenvalue weighted by Crippen LogP contribution is 2.22. The van der Waals surface area contributed by atoms with Crippen molar-refractivity contribution in [2.45, 2.75) is 179 Å². The molecular formula is C47H76O10. The van der Waals surface area contributed by atoms with Crippen LogP contribution in [0.5, 0.6) is 0 Å². The molecular weight excluding hydrogens is 725 g/mol. The number of carbonyl (C=O) groups excluding carboxylic acids is 2. The fraction of sp³-hybridized carbons (Fsp3) is 0.660. The highest BCUT2D eigenvalue weighted by atomic mass is 16.7.